The third-order valence-electron chi connectivity index (χ3n) is 2.16. The van der Waals surface area contributed by atoms with Gasteiger partial charge in [-0.3, -0.25) is 4.79 Å². The Labute approximate surface area is 82.1 Å². The number of carbonyl (C=O) groups is 1. The molecule has 0 unspecified atom stereocenters. The zero-order chi connectivity index (χ0) is 9.42. The molecule has 0 saturated carbocycles. The molecule has 0 atom stereocenters. The molecule has 1 aromatic rings. The molecule has 2 nitrogen and oxygen atoms in total. The van der Waals surface area contributed by atoms with Crippen LogP contribution in [0.5, 0.6) is 0 Å². The third-order valence-corrected chi connectivity index (χ3v) is 2.40. The highest BCUT2D eigenvalue weighted by Gasteiger charge is 2.26. The maximum absolute atomic E-state index is 11.6. The van der Waals surface area contributed by atoms with Crippen molar-refractivity contribution in [3.8, 4) is 0 Å². The monoisotopic (exact) mass is 195 g/mol. The van der Waals surface area contributed by atoms with E-state index in [1.165, 1.54) is 0 Å². The summed E-state index contributed by atoms with van der Waals surface area (Å²) in [6.45, 7) is 3.68. The Bertz CT molecular complexity index is 358. The number of hydrogen-bond acceptors (Lipinski definition) is 1. The first-order valence-corrected chi connectivity index (χ1v) is 4.62. The normalized spacial score (nSPS) is 14.5. The summed E-state index contributed by atoms with van der Waals surface area (Å²) < 4.78 is 0. The molecule has 3 heteroatoms. The van der Waals surface area contributed by atoms with Gasteiger partial charge in [0.1, 0.15) is 0 Å². The van der Waals surface area contributed by atoms with Crippen LogP contribution in [0, 0.1) is 6.92 Å². The molecule has 1 fully saturated rings. The van der Waals surface area contributed by atoms with Gasteiger partial charge in [0.15, 0.2) is 0 Å². The first-order valence-electron chi connectivity index (χ1n) is 4.24. The Balaban J connectivity index is 2.37. The molecule has 0 aromatic heterocycles. The molecule has 2 rings (SSSR count). The van der Waals surface area contributed by atoms with Gasteiger partial charge in [-0.2, -0.15) is 0 Å². The fourth-order valence-corrected chi connectivity index (χ4v) is 1.42. The molecule has 0 N–H and O–H groups in total. The highest BCUT2D eigenvalue weighted by atomic mass is 35.5. The van der Waals surface area contributed by atoms with E-state index in [-0.39, 0.29) is 5.91 Å². The number of nitrogens with zero attached hydrogens (tertiary/aromatic N) is 1. The van der Waals surface area contributed by atoms with Crippen molar-refractivity contribution in [3.63, 3.8) is 0 Å². The van der Waals surface area contributed by atoms with E-state index in [0.29, 0.717) is 5.02 Å². The second kappa shape index (κ2) is 3.04. The van der Waals surface area contributed by atoms with Gasteiger partial charge in [-0.1, -0.05) is 17.7 Å². The second-order valence-electron chi connectivity index (χ2n) is 3.25. The number of amides is 1. The molecule has 1 saturated heterocycles. The number of rotatable bonds is 1. The van der Waals surface area contributed by atoms with Crippen LogP contribution in [0.3, 0.4) is 0 Å². The minimum atomic E-state index is 0.0972. The Morgan fingerprint density at radius 3 is 2.77 bits per heavy atom. The van der Waals surface area contributed by atoms with E-state index in [4.69, 9.17) is 11.6 Å². The van der Waals surface area contributed by atoms with Crippen molar-refractivity contribution in [2.24, 2.45) is 0 Å². The number of halogens is 1. The summed E-state index contributed by atoms with van der Waals surface area (Å²) in [5, 5.41) is 0.621. The summed E-state index contributed by atoms with van der Waals surface area (Å²) in [6, 6.07) is 5.41. The number of aryl methyl sites for hydroxylation is 1. The van der Waals surface area contributed by atoms with Crippen LogP contribution in [0.25, 0.3) is 0 Å². The lowest BCUT2D eigenvalue weighted by Crippen LogP contribution is -2.11. The zero-order valence-electron chi connectivity index (χ0n) is 7.38. The lowest BCUT2D eigenvalue weighted by atomic mass is 10.1. The molecule has 0 radical (unpaired) electrons. The van der Waals surface area contributed by atoms with Crippen molar-refractivity contribution in [1.82, 2.24) is 4.90 Å². The predicted molar refractivity (Wildman–Crippen MR) is 52.1 cm³/mol. The quantitative estimate of drug-likeness (QED) is 0.629. The molecule has 68 valence electrons. The molecule has 1 aliphatic rings. The standard InChI is InChI=1S/C10H10ClNO/c1-7-2-3-8(11)6-9(7)10(13)12-4-5-12/h2-3,6H,4-5H2,1H3. The molecule has 1 amide bonds. The highest BCUT2D eigenvalue weighted by molar-refractivity contribution is 6.31. The van der Waals surface area contributed by atoms with E-state index in [0.717, 1.165) is 24.2 Å². The summed E-state index contributed by atoms with van der Waals surface area (Å²) in [5.74, 6) is 0.0972. The van der Waals surface area contributed by atoms with Crippen molar-refractivity contribution >= 4 is 17.5 Å². The fraction of sp³-hybridized carbons (Fsp3) is 0.300. The highest BCUT2D eigenvalue weighted by Crippen LogP contribution is 2.19. The van der Waals surface area contributed by atoms with Gasteiger partial charge in [0.05, 0.1) is 0 Å². The molecule has 13 heavy (non-hydrogen) atoms. The van der Waals surface area contributed by atoms with Gasteiger partial charge in [-0.25, -0.2) is 0 Å². The van der Waals surface area contributed by atoms with Crippen LogP contribution in [-0.2, 0) is 0 Å². The topological polar surface area (TPSA) is 20.1 Å². The number of benzene rings is 1. The van der Waals surface area contributed by atoms with E-state index >= 15 is 0 Å². The lowest BCUT2D eigenvalue weighted by Gasteiger charge is -2.05. The second-order valence-corrected chi connectivity index (χ2v) is 3.69. The van der Waals surface area contributed by atoms with Gasteiger partial charge in [0.25, 0.3) is 5.91 Å². The maximum atomic E-state index is 11.6. The van der Waals surface area contributed by atoms with Crippen LogP contribution < -0.4 is 0 Å². The SMILES string of the molecule is Cc1ccc(Cl)cc1C(=O)N1CC1. The Morgan fingerprint density at radius 1 is 1.46 bits per heavy atom. The lowest BCUT2D eigenvalue weighted by molar-refractivity contribution is 0.0885. The predicted octanol–water partition coefficient (Wildman–Crippen LogP) is 2.10. The summed E-state index contributed by atoms with van der Waals surface area (Å²) in [7, 11) is 0. The van der Waals surface area contributed by atoms with Crippen molar-refractivity contribution in [1.29, 1.82) is 0 Å². The van der Waals surface area contributed by atoms with Crippen molar-refractivity contribution < 1.29 is 4.79 Å². The summed E-state index contributed by atoms with van der Waals surface area (Å²) in [6.07, 6.45) is 0. The van der Waals surface area contributed by atoms with Crippen LogP contribution in [0.2, 0.25) is 5.02 Å². The van der Waals surface area contributed by atoms with Crippen LogP contribution in [0.15, 0.2) is 18.2 Å². The fourth-order valence-electron chi connectivity index (χ4n) is 1.25. The molecule has 0 bridgehead atoms. The third kappa shape index (κ3) is 1.68. The summed E-state index contributed by atoms with van der Waals surface area (Å²) in [4.78, 5) is 13.4. The van der Waals surface area contributed by atoms with Crippen molar-refractivity contribution in [2.75, 3.05) is 13.1 Å². The molecular formula is C10H10ClNO. The van der Waals surface area contributed by atoms with E-state index in [1.54, 1.807) is 17.0 Å². The van der Waals surface area contributed by atoms with Gasteiger partial charge < -0.3 is 4.90 Å². The first-order chi connectivity index (χ1) is 6.18. The van der Waals surface area contributed by atoms with Crippen LogP contribution in [0.1, 0.15) is 15.9 Å². The van der Waals surface area contributed by atoms with Gasteiger partial charge in [0.2, 0.25) is 0 Å². The Kier molecular flexibility index (Phi) is 2.00. The number of carbonyl (C=O) groups excluding carboxylic acids is 1. The van der Waals surface area contributed by atoms with Gasteiger partial charge >= 0.3 is 0 Å². The molecule has 1 heterocycles. The smallest absolute Gasteiger partial charge is 0.254 e. The minimum Gasteiger partial charge on any atom is -0.335 e. The van der Waals surface area contributed by atoms with Gasteiger partial charge in [-0.15, -0.1) is 0 Å². The minimum absolute atomic E-state index is 0.0972. The summed E-state index contributed by atoms with van der Waals surface area (Å²) in [5.41, 5.74) is 1.71. The molecule has 0 aliphatic carbocycles. The molecule has 0 spiro atoms. The van der Waals surface area contributed by atoms with E-state index in [1.807, 2.05) is 13.0 Å². The van der Waals surface area contributed by atoms with Gasteiger partial charge in [-0.05, 0) is 24.6 Å². The van der Waals surface area contributed by atoms with Crippen molar-refractivity contribution in [3.05, 3.63) is 34.3 Å². The van der Waals surface area contributed by atoms with E-state index in [2.05, 4.69) is 0 Å². The average molecular weight is 196 g/mol. The Morgan fingerprint density at radius 2 is 2.15 bits per heavy atom. The first kappa shape index (κ1) is 8.57. The average Bonchev–Trinajstić information content (AvgIpc) is 2.91. The van der Waals surface area contributed by atoms with Crippen LogP contribution >= 0.6 is 11.6 Å². The largest absolute Gasteiger partial charge is 0.335 e. The van der Waals surface area contributed by atoms with E-state index in [9.17, 15) is 4.79 Å². The van der Waals surface area contributed by atoms with Crippen LogP contribution in [-0.4, -0.2) is 23.9 Å². The molecule has 1 aliphatic heterocycles. The molecule has 1 aromatic carbocycles. The summed E-state index contributed by atoms with van der Waals surface area (Å²) >= 11 is 5.82. The van der Waals surface area contributed by atoms with Gasteiger partial charge in [0, 0.05) is 23.7 Å². The maximum Gasteiger partial charge on any atom is 0.254 e. The molecular weight excluding hydrogens is 186 g/mol. The zero-order valence-corrected chi connectivity index (χ0v) is 8.14. The van der Waals surface area contributed by atoms with Crippen molar-refractivity contribution in [2.45, 2.75) is 6.92 Å². The van der Waals surface area contributed by atoms with Crippen LogP contribution in [0.4, 0.5) is 0 Å². The Hall–Kier alpha value is -1.02. The van der Waals surface area contributed by atoms with E-state index < -0.39 is 0 Å². The number of hydrogen-bond donors (Lipinski definition) is 0.